The van der Waals surface area contributed by atoms with Crippen molar-refractivity contribution in [3.63, 3.8) is 0 Å². The third-order valence-electron chi connectivity index (χ3n) is 3.28. The molecule has 1 aliphatic rings. The molecule has 1 N–H and O–H groups in total. The molecule has 2 rings (SSSR count). The number of hydrogen-bond acceptors (Lipinski definition) is 3. The summed E-state index contributed by atoms with van der Waals surface area (Å²) in [7, 11) is 0. The quantitative estimate of drug-likeness (QED) is 0.870. The average molecular weight is 233 g/mol. The summed E-state index contributed by atoms with van der Waals surface area (Å²) >= 11 is 0. The SMILES string of the molecule is CC(=O)NCc1ccc(C2CCCCC2)nn1. The molecule has 4 nitrogen and oxygen atoms in total. The first-order valence-corrected chi connectivity index (χ1v) is 6.32. The molecule has 0 aliphatic heterocycles. The summed E-state index contributed by atoms with van der Waals surface area (Å²) in [5.74, 6) is 0.550. The van der Waals surface area contributed by atoms with Gasteiger partial charge in [-0.15, -0.1) is 0 Å². The van der Waals surface area contributed by atoms with Crippen molar-refractivity contribution in [3.8, 4) is 0 Å². The number of carbonyl (C=O) groups is 1. The number of aromatic nitrogens is 2. The number of nitrogens with zero attached hydrogens (tertiary/aromatic N) is 2. The maximum absolute atomic E-state index is 10.8. The summed E-state index contributed by atoms with van der Waals surface area (Å²) in [4.78, 5) is 10.8. The predicted octanol–water partition coefficient (Wildman–Crippen LogP) is 2.16. The molecule has 1 aliphatic carbocycles. The molecule has 1 heterocycles. The molecule has 1 aromatic heterocycles. The Kier molecular flexibility index (Phi) is 4.07. The molecule has 0 unspecified atom stereocenters. The minimum atomic E-state index is -0.0387. The van der Waals surface area contributed by atoms with E-state index >= 15 is 0 Å². The Bertz CT molecular complexity index is 369. The van der Waals surface area contributed by atoms with Crippen LogP contribution in [0.4, 0.5) is 0 Å². The fourth-order valence-corrected chi connectivity index (χ4v) is 2.30. The minimum absolute atomic E-state index is 0.0387. The predicted molar refractivity (Wildman–Crippen MR) is 65.4 cm³/mol. The van der Waals surface area contributed by atoms with Gasteiger partial charge in [-0.2, -0.15) is 10.2 Å². The first-order valence-electron chi connectivity index (χ1n) is 6.32. The molecule has 0 atom stereocenters. The third kappa shape index (κ3) is 3.51. The van der Waals surface area contributed by atoms with Crippen molar-refractivity contribution in [3.05, 3.63) is 23.5 Å². The maximum atomic E-state index is 10.8. The first kappa shape index (κ1) is 12.0. The van der Waals surface area contributed by atoms with Crippen LogP contribution < -0.4 is 5.32 Å². The van der Waals surface area contributed by atoms with Crippen LogP contribution in [0.15, 0.2) is 12.1 Å². The molecule has 0 spiro atoms. The number of carbonyl (C=O) groups excluding carboxylic acids is 1. The van der Waals surface area contributed by atoms with Crippen LogP contribution in [0.25, 0.3) is 0 Å². The molecular formula is C13H19N3O. The van der Waals surface area contributed by atoms with Crippen LogP contribution >= 0.6 is 0 Å². The van der Waals surface area contributed by atoms with E-state index < -0.39 is 0 Å². The molecule has 0 radical (unpaired) electrons. The molecule has 1 aromatic rings. The second kappa shape index (κ2) is 5.75. The van der Waals surface area contributed by atoms with Gasteiger partial charge in [0.25, 0.3) is 0 Å². The molecule has 1 fully saturated rings. The van der Waals surface area contributed by atoms with Crippen molar-refractivity contribution in [2.45, 2.75) is 51.5 Å². The largest absolute Gasteiger partial charge is 0.351 e. The zero-order valence-corrected chi connectivity index (χ0v) is 10.3. The molecule has 17 heavy (non-hydrogen) atoms. The van der Waals surface area contributed by atoms with Crippen molar-refractivity contribution >= 4 is 5.91 Å². The van der Waals surface area contributed by atoms with E-state index in [2.05, 4.69) is 21.6 Å². The van der Waals surface area contributed by atoms with Crippen molar-refractivity contribution in [2.24, 2.45) is 0 Å². The Labute approximate surface area is 102 Å². The van der Waals surface area contributed by atoms with E-state index in [1.54, 1.807) is 0 Å². The van der Waals surface area contributed by atoms with Crippen molar-refractivity contribution < 1.29 is 4.79 Å². The van der Waals surface area contributed by atoms with E-state index in [1.807, 2.05) is 6.07 Å². The summed E-state index contributed by atoms with van der Waals surface area (Å²) in [6, 6.07) is 4.02. The molecule has 0 bridgehead atoms. The maximum Gasteiger partial charge on any atom is 0.217 e. The van der Waals surface area contributed by atoms with Crippen LogP contribution in [-0.4, -0.2) is 16.1 Å². The van der Waals surface area contributed by atoms with Crippen LogP contribution in [0, 0.1) is 0 Å². The molecule has 0 aromatic carbocycles. The Morgan fingerprint density at radius 1 is 1.29 bits per heavy atom. The molecule has 1 amide bonds. The summed E-state index contributed by atoms with van der Waals surface area (Å²) in [6.45, 7) is 1.97. The van der Waals surface area contributed by atoms with Crippen LogP contribution in [0.1, 0.15) is 56.3 Å². The van der Waals surface area contributed by atoms with E-state index in [-0.39, 0.29) is 5.91 Å². The highest BCUT2D eigenvalue weighted by Gasteiger charge is 2.16. The zero-order chi connectivity index (χ0) is 12.1. The van der Waals surface area contributed by atoms with Gasteiger partial charge in [0.2, 0.25) is 5.91 Å². The average Bonchev–Trinajstić information content (AvgIpc) is 2.38. The molecular weight excluding hydrogens is 214 g/mol. The van der Waals surface area contributed by atoms with Gasteiger partial charge in [-0.05, 0) is 25.0 Å². The number of nitrogens with one attached hydrogen (secondary N) is 1. The van der Waals surface area contributed by atoms with Crippen molar-refractivity contribution in [2.75, 3.05) is 0 Å². The lowest BCUT2D eigenvalue weighted by atomic mass is 9.87. The fourth-order valence-electron chi connectivity index (χ4n) is 2.30. The number of rotatable bonds is 3. The molecule has 4 heteroatoms. The first-order chi connectivity index (χ1) is 8.25. The van der Waals surface area contributed by atoms with Crippen LogP contribution in [0.5, 0.6) is 0 Å². The Morgan fingerprint density at radius 2 is 2.06 bits per heavy atom. The Morgan fingerprint density at radius 3 is 2.65 bits per heavy atom. The zero-order valence-electron chi connectivity index (χ0n) is 10.3. The standard InChI is InChI=1S/C13H19N3O/c1-10(17)14-9-12-7-8-13(16-15-12)11-5-3-2-4-6-11/h7-8,11H,2-6,9H2,1H3,(H,14,17). The number of hydrogen-bond donors (Lipinski definition) is 1. The summed E-state index contributed by atoms with van der Waals surface area (Å²) < 4.78 is 0. The van der Waals surface area contributed by atoms with Gasteiger partial charge in [0, 0.05) is 12.8 Å². The topological polar surface area (TPSA) is 54.9 Å². The Balaban J connectivity index is 1.94. The smallest absolute Gasteiger partial charge is 0.217 e. The lowest BCUT2D eigenvalue weighted by Crippen LogP contribution is -2.20. The van der Waals surface area contributed by atoms with Gasteiger partial charge < -0.3 is 5.32 Å². The van der Waals surface area contributed by atoms with Gasteiger partial charge in [-0.3, -0.25) is 4.79 Å². The van der Waals surface area contributed by atoms with E-state index in [0.29, 0.717) is 12.5 Å². The highest BCUT2D eigenvalue weighted by molar-refractivity contribution is 5.72. The second-order valence-corrected chi connectivity index (χ2v) is 4.69. The van der Waals surface area contributed by atoms with Gasteiger partial charge in [0.1, 0.15) is 0 Å². The van der Waals surface area contributed by atoms with Gasteiger partial charge in [-0.1, -0.05) is 19.3 Å². The molecule has 92 valence electrons. The summed E-state index contributed by atoms with van der Waals surface area (Å²) in [6.07, 6.45) is 6.43. The van der Waals surface area contributed by atoms with Crippen LogP contribution in [0.3, 0.4) is 0 Å². The van der Waals surface area contributed by atoms with Gasteiger partial charge in [0.05, 0.1) is 17.9 Å². The monoisotopic (exact) mass is 233 g/mol. The normalized spacial score (nSPS) is 16.8. The van der Waals surface area contributed by atoms with E-state index in [0.717, 1.165) is 11.4 Å². The van der Waals surface area contributed by atoms with Gasteiger partial charge in [-0.25, -0.2) is 0 Å². The van der Waals surface area contributed by atoms with E-state index in [1.165, 1.54) is 39.0 Å². The van der Waals surface area contributed by atoms with Crippen LogP contribution in [-0.2, 0) is 11.3 Å². The van der Waals surface area contributed by atoms with E-state index in [4.69, 9.17) is 0 Å². The van der Waals surface area contributed by atoms with Crippen molar-refractivity contribution in [1.82, 2.24) is 15.5 Å². The highest BCUT2D eigenvalue weighted by atomic mass is 16.1. The fraction of sp³-hybridized carbons (Fsp3) is 0.615. The number of amides is 1. The van der Waals surface area contributed by atoms with Gasteiger partial charge >= 0.3 is 0 Å². The molecule has 0 saturated heterocycles. The van der Waals surface area contributed by atoms with E-state index in [9.17, 15) is 4.79 Å². The molecule has 1 saturated carbocycles. The summed E-state index contributed by atoms with van der Waals surface area (Å²) in [5, 5.41) is 11.2. The highest BCUT2D eigenvalue weighted by Crippen LogP contribution is 2.30. The lowest BCUT2D eigenvalue weighted by molar-refractivity contribution is -0.119. The van der Waals surface area contributed by atoms with Crippen LogP contribution in [0.2, 0.25) is 0 Å². The Hall–Kier alpha value is -1.45. The van der Waals surface area contributed by atoms with Gasteiger partial charge in [0.15, 0.2) is 0 Å². The summed E-state index contributed by atoms with van der Waals surface area (Å²) in [5.41, 5.74) is 1.93. The lowest BCUT2D eigenvalue weighted by Gasteiger charge is -2.20. The third-order valence-corrected chi connectivity index (χ3v) is 3.28. The van der Waals surface area contributed by atoms with Crippen molar-refractivity contribution in [1.29, 1.82) is 0 Å². The second-order valence-electron chi connectivity index (χ2n) is 4.69. The minimum Gasteiger partial charge on any atom is -0.351 e.